The molecule has 1 saturated carbocycles. The number of carbonyl (C=O) groups excluding carboxylic acids is 1. The van der Waals surface area contributed by atoms with Gasteiger partial charge < -0.3 is 20.4 Å². The molecule has 0 aliphatic heterocycles. The molecule has 6 nitrogen and oxygen atoms in total. The summed E-state index contributed by atoms with van der Waals surface area (Å²) < 4.78 is 0. The molecule has 3 N–H and O–H groups in total. The topological polar surface area (TPSA) is 89.9 Å². The standard InChI is InChI=1S/C15H28N2O4/c1-17(10-6-3-7-11-18)14(21)16-12-15(13(19)20)8-4-2-5-9-15/h18H,2-12H2,1H3,(H,16,21)(H,19,20). The van der Waals surface area contributed by atoms with Crippen LogP contribution in [0.4, 0.5) is 4.79 Å². The summed E-state index contributed by atoms with van der Waals surface area (Å²) in [5, 5.41) is 20.9. The van der Waals surface area contributed by atoms with Gasteiger partial charge in [0.1, 0.15) is 0 Å². The van der Waals surface area contributed by atoms with Crippen LogP contribution in [-0.2, 0) is 4.79 Å². The van der Waals surface area contributed by atoms with Crippen LogP contribution in [0.2, 0.25) is 0 Å². The first kappa shape index (κ1) is 17.8. The highest BCUT2D eigenvalue weighted by Crippen LogP contribution is 2.36. The summed E-state index contributed by atoms with van der Waals surface area (Å²) in [4.78, 5) is 25.1. The Morgan fingerprint density at radius 2 is 1.81 bits per heavy atom. The number of hydrogen-bond donors (Lipinski definition) is 3. The number of amides is 2. The number of carbonyl (C=O) groups is 2. The Hall–Kier alpha value is -1.30. The molecule has 0 aromatic rings. The SMILES string of the molecule is CN(CCCCCO)C(=O)NCC1(C(=O)O)CCCCC1. The summed E-state index contributed by atoms with van der Waals surface area (Å²) in [6.45, 7) is 1.01. The fourth-order valence-electron chi connectivity index (χ4n) is 2.81. The van der Waals surface area contributed by atoms with Gasteiger partial charge in [-0.3, -0.25) is 4.79 Å². The maximum Gasteiger partial charge on any atom is 0.317 e. The van der Waals surface area contributed by atoms with Crippen LogP contribution < -0.4 is 5.32 Å². The molecule has 0 heterocycles. The van der Waals surface area contributed by atoms with Crippen molar-refractivity contribution in [1.82, 2.24) is 10.2 Å². The summed E-state index contributed by atoms with van der Waals surface area (Å²) in [5.74, 6) is -0.798. The zero-order valence-electron chi connectivity index (χ0n) is 12.9. The van der Waals surface area contributed by atoms with Gasteiger partial charge in [0, 0.05) is 26.7 Å². The Bertz CT molecular complexity index is 341. The van der Waals surface area contributed by atoms with Crippen LogP contribution in [0.3, 0.4) is 0 Å². The summed E-state index contributed by atoms with van der Waals surface area (Å²) in [6, 6.07) is -0.217. The molecule has 0 saturated heterocycles. The van der Waals surface area contributed by atoms with E-state index in [1.54, 1.807) is 11.9 Å². The molecule has 6 heteroatoms. The molecule has 1 aliphatic carbocycles. The first-order valence-corrected chi connectivity index (χ1v) is 7.85. The number of carboxylic acids is 1. The molecular weight excluding hydrogens is 272 g/mol. The Morgan fingerprint density at radius 1 is 1.14 bits per heavy atom. The number of carboxylic acid groups (broad SMARTS) is 1. The van der Waals surface area contributed by atoms with Crippen molar-refractivity contribution in [3.8, 4) is 0 Å². The summed E-state index contributed by atoms with van der Waals surface area (Å²) in [5.41, 5.74) is -0.786. The van der Waals surface area contributed by atoms with E-state index in [1.165, 1.54) is 0 Å². The number of hydrogen-bond acceptors (Lipinski definition) is 3. The Morgan fingerprint density at radius 3 is 2.38 bits per heavy atom. The van der Waals surface area contributed by atoms with E-state index in [1.807, 2.05) is 0 Å². The second-order valence-corrected chi connectivity index (χ2v) is 6.01. The Kier molecular flexibility index (Phi) is 7.50. The minimum atomic E-state index is -0.798. The lowest BCUT2D eigenvalue weighted by molar-refractivity contribution is -0.150. The number of nitrogens with one attached hydrogen (secondary N) is 1. The van der Waals surface area contributed by atoms with Crippen molar-refractivity contribution < 1.29 is 19.8 Å². The lowest BCUT2D eigenvalue weighted by Crippen LogP contribution is -2.47. The molecule has 0 aromatic carbocycles. The Balaban J connectivity index is 2.37. The van der Waals surface area contributed by atoms with Crippen LogP contribution in [0.5, 0.6) is 0 Å². The van der Waals surface area contributed by atoms with Gasteiger partial charge >= 0.3 is 12.0 Å². The number of nitrogens with zero attached hydrogens (tertiary/aromatic N) is 1. The van der Waals surface area contributed by atoms with Gasteiger partial charge in [-0.1, -0.05) is 19.3 Å². The van der Waals surface area contributed by atoms with Gasteiger partial charge in [0.2, 0.25) is 0 Å². The van der Waals surface area contributed by atoms with E-state index in [9.17, 15) is 14.7 Å². The molecule has 0 spiro atoms. The van der Waals surface area contributed by atoms with Gasteiger partial charge in [0.15, 0.2) is 0 Å². The average Bonchev–Trinajstić information content (AvgIpc) is 2.49. The molecule has 0 radical (unpaired) electrons. The van der Waals surface area contributed by atoms with E-state index >= 15 is 0 Å². The maximum absolute atomic E-state index is 12.0. The fourth-order valence-corrected chi connectivity index (χ4v) is 2.81. The van der Waals surface area contributed by atoms with Crippen molar-refractivity contribution in [2.45, 2.75) is 51.4 Å². The normalized spacial score (nSPS) is 17.2. The Labute approximate surface area is 126 Å². The zero-order chi connectivity index (χ0) is 15.7. The molecule has 0 atom stereocenters. The number of urea groups is 1. The monoisotopic (exact) mass is 300 g/mol. The number of aliphatic hydroxyl groups excluding tert-OH is 1. The van der Waals surface area contributed by atoms with Crippen molar-refractivity contribution >= 4 is 12.0 Å². The number of rotatable bonds is 8. The summed E-state index contributed by atoms with van der Waals surface area (Å²) in [6.07, 6.45) is 6.66. The molecule has 21 heavy (non-hydrogen) atoms. The minimum Gasteiger partial charge on any atom is -0.481 e. The van der Waals surface area contributed by atoms with Crippen LogP contribution in [0, 0.1) is 5.41 Å². The highest BCUT2D eigenvalue weighted by atomic mass is 16.4. The molecule has 1 rings (SSSR count). The third kappa shape index (κ3) is 5.53. The van der Waals surface area contributed by atoms with Gasteiger partial charge in [-0.2, -0.15) is 0 Å². The van der Waals surface area contributed by atoms with Crippen LogP contribution in [-0.4, -0.2) is 53.9 Å². The molecule has 2 amide bonds. The van der Waals surface area contributed by atoms with E-state index in [-0.39, 0.29) is 19.2 Å². The molecular formula is C15H28N2O4. The first-order valence-electron chi connectivity index (χ1n) is 7.85. The van der Waals surface area contributed by atoms with E-state index < -0.39 is 11.4 Å². The third-order valence-electron chi connectivity index (χ3n) is 4.34. The fraction of sp³-hybridized carbons (Fsp3) is 0.867. The van der Waals surface area contributed by atoms with Gasteiger partial charge in [-0.25, -0.2) is 4.79 Å². The highest BCUT2D eigenvalue weighted by molar-refractivity contribution is 5.78. The second-order valence-electron chi connectivity index (χ2n) is 6.01. The van der Waals surface area contributed by atoms with Crippen LogP contribution in [0.25, 0.3) is 0 Å². The van der Waals surface area contributed by atoms with Crippen molar-refractivity contribution in [2.75, 3.05) is 26.7 Å². The van der Waals surface area contributed by atoms with Gasteiger partial charge in [-0.05, 0) is 32.1 Å². The van der Waals surface area contributed by atoms with E-state index in [4.69, 9.17) is 5.11 Å². The number of unbranched alkanes of at least 4 members (excludes halogenated alkanes) is 2. The minimum absolute atomic E-state index is 0.178. The average molecular weight is 300 g/mol. The number of aliphatic hydroxyl groups is 1. The van der Waals surface area contributed by atoms with Crippen molar-refractivity contribution in [2.24, 2.45) is 5.41 Å². The summed E-state index contributed by atoms with van der Waals surface area (Å²) in [7, 11) is 1.71. The van der Waals surface area contributed by atoms with Crippen LogP contribution in [0.15, 0.2) is 0 Å². The number of aliphatic carboxylic acids is 1. The smallest absolute Gasteiger partial charge is 0.317 e. The molecule has 0 unspecified atom stereocenters. The van der Waals surface area contributed by atoms with E-state index in [2.05, 4.69) is 5.32 Å². The predicted molar refractivity (Wildman–Crippen MR) is 80.1 cm³/mol. The molecule has 1 aliphatic rings. The zero-order valence-corrected chi connectivity index (χ0v) is 12.9. The van der Waals surface area contributed by atoms with Crippen LogP contribution >= 0.6 is 0 Å². The maximum atomic E-state index is 12.0. The largest absolute Gasteiger partial charge is 0.481 e. The lowest BCUT2D eigenvalue weighted by Gasteiger charge is -2.33. The van der Waals surface area contributed by atoms with Crippen molar-refractivity contribution in [3.63, 3.8) is 0 Å². The molecule has 0 bridgehead atoms. The van der Waals surface area contributed by atoms with Crippen molar-refractivity contribution in [1.29, 1.82) is 0 Å². The van der Waals surface area contributed by atoms with Gasteiger partial charge in [0.05, 0.1) is 5.41 Å². The molecule has 0 aromatic heterocycles. The lowest BCUT2D eigenvalue weighted by atomic mass is 9.74. The quantitative estimate of drug-likeness (QED) is 0.596. The predicted octanol–water partition coefficient (Wildman–Crippen LogP) is 1.83. The highest BCUT2D eigenvalue weighted by Gasteiger charge is 2.39. The second kappa shape index (κ2) is 8.87. The van der Waals surface area contributed by atoms with E-state index in [0.29, 0.717) is 19.4 Å². The van der Waals surface area contributed by atoms with Gasteiger partial charge in [0.25, 0.3) is 0 Å². The molecule has 1 fully saturated rings. The third-order valence-corrected chi connectivity index (χ3v) is 4.34. The van der Waals surface area contributed by atoms with Gasteiger partial charge in [-0.15, -0.1) is 0 Å². The van der Waals surface area contributed by atoms with Crippen molar-refractivity contribution in [3.05, 3.63) is 0 Å². The summed E-state index contributed by atoms with van der Waals surface area (Å²) >= 11 is 0. The molecule has 122 valence electrons. The van der Waals surface area contributed by atoms with E-state index in [0.717, 1.165) is 38.5 Å². The first-order chi connectivity index (χ1) is 10.0. The van der Waals surface area contributed by atoms with Crippen LogP contribution in [0.1, 0.15) is 51.4 Å².